The molecule has 4 rings (SSSR count). The average Bonchev–Trinajstić information content (AvgIpc) is 2.60. The zero-order valence-electron chi connectivity index (χ0n) is 16.0. The molecular formula is C24H21N3. The molecule has 0 fully saturated rings. The fourth-order valence-corrected chi connectivity index (χ4v) is 3.60. The number of aromatic nitrogens is 2. The molecule has 2 N–H and O–H groups in total. The predicted octanol–water partition coefficient (Wildman–Crippen LogP) is 5.00. The van der Waals surface area contributed by atoms with Gasteiger partial charge < -0.3 is 5.73 Å². The highest BCUT2D eigenvalue weighted by Gasteiger charge is 2.08. The molecule has 0 unspecified atom stereocenters. The molecule has 0 bridgehead atoms. The van der Waals surface area contributed by atoms with E-state index in [2.05, 4.69) is 72.9 Å². The highest BCUT2D eigenvalue weighted by Crippen LogP contribution is 2.27. The van der Waals surface area contributed by atoms with Crippen LogP contribution in [-0.4, -0.2) is 9.97 Å². The van der Waals surface area contributed by atoms with Gasteiger partial charge in [-0.25, -0.2) is 4.98 Å². The standard InChI is InChI=1S/C24H21N3/c1-14-5-7-20-21-12-18(13-26-23(21)24(25)27-22(20)11-14)6-8-19-16(3)9-15(2)10-17(19)4/h5,7,9-13H,1-4H3,(H2,25,27). The number of hydrogen-bond donors (Lipinski definition) is 1. The third kappa shape index (κ3) is 3.11. The van der Waals surface area contributed by atoms with Crippen molar-refractivity contribution >= 4 is 27.6 Å². The molecule has 0 atom stereocenters. The summed E-state index contributed by atoms with van der Waals surface area (Å²) in [6.45, 7) is 8.36. The molecule has 3 heteroatoms. The minimum Gasteiger partial charge on any atom is -0.382 e. The van der Waals surface area contributed by atoms with Gasteiger partial charge >= 0.3 is 0 Å². The van der Waals surface area contributed by atoms with Crippen molar-refractivity contribution in [3.63, 3.8) is 0 Å². The summed E-state index contributed by atoms with van der Waals surface area (Å²) in [5, 5.41) is 2.03. The van der Waals surface area contributed by atoms with Crippen molar-refractivity contribution < 1.29 is 0 Å². The summed E-state index contributed by atoms with van der Waals surface area (Å²) in [5.41, 5.74) is 14.5. The minimum absolute atomic E-state index is 0.452. The molecule has 0 spiro atoms. The lowest BCUT2D eigenvalue weighted by atomic mass is 10.00. The van der Waals surface area contributed by atoms with Gasteiger partial charge in [0.15, 0.2) is 5.82 Å². The van der Waals surface area contributed by atoms with Crippen LogP contribution in [0.4, 0.5) is 5.82 Å². The van der Waals surface area contributed by atoms with Crippen LogP contribution >= 0.6 is 0 Å². The molecule has 0 aliphatic heterocycles. The molecular weight excluding hydrogens is 330 g/mol. The summed E-state index contributed by atoms with van der Waals surface area (Å²) in [6.07, 6.45) is 1.77. The fourth-order valence-electron chi connectivity index (χ4n) is 3.60. The number of aryl methyl sites for hydroxylation is 4. The summed E-state index contributed by atoms with van der Waals surface area (Å²) in [7, 11) is 0. The Morgan fingerprint density at radius 2 is 1.56 bits per heavy atom. The number of hydrogen-bond acceptors (Lipinski definition) is 3. The van der Waals surface area contributed by atoms with Crippen LogP contribution in [0, 0.1) is 39.5 Å². The quantitative estimate of drug-likeness (QED) is 0.358. The lowest BCUT2D eigenvalue weighted by Gasteiger charge is -2.07. The van der Waals surface area contributed by atoms with E-state index in [1.807, 2.05) is 13.0 Å². The van der Waals surface area contributed by atoms with Gasteiger partial charge in [0.1, 0.15) is 5.52 Å². The molecule has 0 saturated heterocycles. The Hall–Kier alpha value is -3.38. The first kappa shape index (κ1) is 17.1. The molecule has 132 valence electrons. The molecule has 0 saturated carbocycles. The maximum Gasteiger partial charge on any atom is 0.150 e. The van der Waals surface area contributed by atoms with Gasteiger partial charge in [-0.15, -0.1) is 0 Å². The van der Waals surface area contributed by atoms with Crippen LogP contribution in [0.1, 0.15) is 33.4 Å². The number of nitrogens with two attached hydrogens (primary N) is 1. The lowest BCUT2D eigenvalue weighted by Crippen LogP contribution is -1.96. The molecule has 4 aromatic rings. The maximum atomic E-state index is 6.13. The highest BCUT2D eigenvalue weighted by atomic mass is 14.9. The normalized spacial score (nSPS) is 10.8. The van der Waals surface area contributed by atoms with Gasteiger partial charge in [-0.2, -0.15) is 0 Å². The van der Waals surface area contributed by atoms with E-state index >= 15 is 0 Å². The minimum atomic E-state index is 0.452. The molecule has 2 aromatic heterocycles. The summed E-state index contributed by atoms with van der Waals surface area (Å²) < 4.78 is 0. The summed E-state index contributed by atoms with van der Waals surface area (Å²) in [4.78, 5) is 9.03. The SMILES string of the molecule is Cc1cc(C)c(C#Cc2cnc3c(N)nc4cc(C)ccc4c3c2)c(C)c1. The van der Waals surface area contributed by atoms with Gasteiger partial charge in [0.25, 0.3) is 0 Å². The van der Waals surface area contributed by atoms with E-state index in [1.165, 1.54) is 16.7 Å². The van der Waals surface area contributed by atoms with Crippen LogP contribution in [-0.2, 0) is 0 Å². The van der Waals surface area contributed by atoms with E-state index < -0.39 is 0 Å². The second kappa shape index (κ2) is 6.41. The lowest BCUT2D eigenvalue weighted by molar-refractivity contribution is 1.29. The Bertz CT molecular complexity index is 1250. The number of fused-ring (bicyclic) bond motifs is 3. The second-order valence-corrected chi connectivity index (χ2v) is 7.16. The van der Waals surface area contributed by atoms with Gasteiger partial charge in [-0.1, -0.05) is 41.7 Å². The first-order valence-electron chi connectivity index (χ1n) is 8.98. The highest BCUT2D eigenvalue weighted by molar-refractivity contribution is 6.08. The van der Waals surface area contributed by atoms with E-state index in [0.29, 0.717) is 5.82 Å². The molecule has 0 radical (unpaired) electrons. The van der Waals surface area contributed by atoms with Crippen molar-refractivity contribution in [2.75, 3.05) is 5.73 Å². The van der Waals surface area contributed by atoms with E-state index in [9.17, 15) is 0 Å². The molecule has 0 aliphatic carbocycles. The largest absolute Gasteiger partial charge is 0.382 e. The van der Waals surface area contributed by atoms with Crippen molar-refractivity contribution in [3.05, 3.63) is 76.0 Å². The number of rotatable bonds is 0. The molecule has 2 heterocycles. The summed E-state index contributed by atoms with van der Waals surface area (Å²) in [5.74, 6) is 7.05. The Kier molecular flexibility index (Phi) is 4.05. The zero-order valence-corrected chi connectivity index (χ0v) is 16.0. The van der Waals surface area contributed by atoms with Crippen LogP contribution in [0.15, 0.2) is 42.6 Å². The molecule has 27 heavy (non-hydrogen) atoms. The maximum absolute atomic E-state index is 6.13. The Morgan fingerprint density at radius 3 is 2.30 bits per heavy atom. The van der Waals surface area contributed by atoms with E-state index in [0.717, 1.165) is 38.5 Å². The molecule has 3 nitrogen and oxygen atoms in total. The first-order valence-corrected chi connectivity index (χ1v) is 8.98. The van der Waals surface area contributed by atoms with E-state index in [4.69, 9.17) is 5.73 Å². The third-order valence-electron chi connectivity index (χ3n) is 4.82. The fraction of sp³-hybridized carbons (Fsp3) is 0.167. The van der Waals surface area contributed by atoms with Crippen molar-refractivity contribution in [2.24, 2.45) is 0 Å². The first-order chi connectivity index (χ1) is 12.9. The van der Waals surface area contributed by atoms with Crippen molar-refractivity contribution in [3.8, 4) is 11.8 Å². The molecule has 0 amide bonds. The molecule has 2 aromatic carbocycles. The molecule has 0 aliphatic rings. The number of pyridine rings is 2. The Labute approximate surface area is 159 Å². The average molecular weight is 351 g/mol. The van der Waals surface area contributed by atoms with Crippen molar-refractivity contribution in [2.45, 2.75) is 27.7 Å². The Morgan fingerprint density at radius 1 is 0.815 bits per heavy atom. The van der Waals surface area contributed by atoms with Crippen LogP contribution in [0.5, 0.6) is 0 Å². The summed E-state index contributed by atoms with van der Waals surface area (Å²) >= 11 is 0. The number of nitrogen functional groups attached to an aromatic ring is 1. The van der Waals surface area contributed by atoms with Crippen LogP contribution < -0.4 is 5.73 Å². The van der Waals surface area contributed by atoms with Crippen molar-refractivity contribution in [1.82, 2.24) is 9.97 Å². The van der Waals surface area contributed by atoms with Gasteiger partial charge in [0.2, 0.25) is 0 Å². The van der Waals surface area contributed by atoms with Crippen LogP contribution in [0.25, 0.3) is 21.8 Å². The number of nitrogens with zero attached hydrogens (tertiary/aromatic N) is 2. The number of anilines is 1. The van der Waals surface area contributed by atoms with Crippen molar-refractivity contribution in [1.29, 1.82) is 0 Å². The smallest absolute Gasteiger partial charge is 0.150 e. The van der Waals surface area contributed by atoms with Crippen LogP contribution in [0.2, 0.25) is 0 Å². The summed E-state index contributed by atoms with van der Waals surface area (Å²) in [6, 6.07) is 12.6. The van der Waals surface area contributed by atoms with Crippen LogP contribution in [0.3, 0.4) is 0 Å². The Balaban J connectivity index is 1.89. The van der Waals surface area contributed by atoms with Gasteiger partial charge in [0, 0.05) is 28.1 Å². The van der Waals surface area contributed by atoms with E-state index in [-0.39, 0.29) is 0 Å². The van der Waals surface area contributed by atoms with Gasteiger partial charge in [-0.05, 0) is 56.5 Å². The third-order valence-corrected chi connectivity index (χ3v) is 4.82. The topological polar surface area (TPSA) is 51.8 Å². The van der Waals surface area contributed by atoms with Gasteiger partial charge in [-0.3, -0.25) is 4.98 Å². The predicted molar refractivity (Wildman–Crippen MR) is 113 cm³/mol. The second-order valence-electron chi connectivity index (χ2n) is 7.16. The number of benzene rings is 2. The monoisotopic (exact) mass is 351 g/mol. The van der Waals surface area contributed by atoms with Gasteiger partial charge in [0.05, 0.1) is 5.52 Å². The zero-order chi connectivity index (χ0) is 19.1. The van der Waals surface area contributed by atoms with E-state index in [1.54, 1.807) is 6.20 Å².